The largest absolute Gasteiger partial charge is 0.468 e. The maximum atomic E-state index is 14.2. The van der Waals surface area contributed by atoms with Crippen molar-refractivity contribution in [2.75, 3.05) is 52.3 Å². The first kappa shape index (κ1) is 31.6. The minimum absolute atomic E-state index is 0.0166. The van der Waals surface area contributed by atoms with Crippen molar-refractivity contribution >= 4 is 22.6 Å². The Labute approximate surface area is 295 Å². The summed E-state index contributed by atoms with van der Waals surface area (Å²) < 4.78 is 12.1. The molecule has 2 aliphatic carbocycles. The normalized spacial score (nSPS) is 40.8. The second kappa shape index (κ2) is 10.7. The van der Waals surface area contributed by atoms with E-state index in [4.69, 9.17) is 9.47 Å². The van der Waals surface area contributed by atoms with Crippen LogP contribution in [0.3, 0.4) is 0 Å². The minimum Gasteiger partial charge on any atom is -0.468 e. The number of esters is 1. The fourth-order valence-corrected chi connectivity index (χ4v) is 13.4. The van der Waals surface area contributed by atoms with Gasteiger partial charge in [-0.25, -0.2) is 0 Å². The Kier molecular flexibility index (Phi) is 6.75. The lowest BCUT2D eigenvalue weighted by Crippen LogP contribution is -2.66. The van der Waals surface area contributed by atoms with Crippen molar-refractivity contribution in [3.63, 3.8) is 0 Å². The number of carbonyl (C=O) groups is 1. The van der Waals surface area contributed by atoms with Crippen LogP contribution in [0.15, 0.2) is 54.1 Å². The van der Waals surface area contributed by atoms with E-state index in [1.807, 2.05) is 0 Å². The lowest BCUT2D eigenvalue weighted by atomic mass is 9.52. The summed E-state index contributed by atoms with van der Waals surface area (Å²) >= 11 is 0. The van der Waals surface area contributed by atoms with E-state index in [0.717, 1.165) is 31.6 Å². The van der Waals surface area contributed by atoms with Gasteiger partial charge in [-0.05, 0) is 87.9 Å². The summed E-state index contributed by atoms with van der Waals surface area (Å²) in [5, 5.41) is 12.6. The molecule has 2 aromatic carbocycles. The molecule has 4 saturated heterocycles. The van der Waals surface area contributed by atoms with Gasteiger partial charge in [-0.2, -0.15) is 0 Å². The number of piperidine rings is 2. The summed E-state index contributed by atoms with van der Waals surface area (Å²) in [4.78, 5) is 25.8. The zero-order valence-corrected chi connectivity index (χ0v) is 30.2. The molecule has 5 aliphatic heterocycles. The van der Waals surface area contributed by atoms with Crippen LogP contribution < -0.4 is 4.90 Å². The number of epoxide rings is 1. The number of hydrogen-bond donors (Lipinski definition) is 2. The minimum atomic E-state index is -1.07. The monoisotopic (exact) mass is 676 g/mol. The van der Waals surface area contributed by atoms with E-state index >= 15 is 0 Å². The number of likely N-dealkylation sites (N-methyl/N-ethyl adjacent to an activating group) is 2. The van der Waals surface area contributed by atoms with E-state index in [2.05, 4.69) is 96.2 Å². The number of fused-ring (bicyclic) bond motifs is 8. The van der Waals surface area contributed by atoms with Crippen molar-refractivity contribution in [1.82, 2.24) is 14.8 Å². The van der Waals surface area contributed by atoms with Crippen LogP contribution in [0, 0.1) is 16.7 Å². The average Bonchev–Trinajstić information content (AvgIpc) is 3.61. The smallest absolute Gasteiger partial charge is 0.316 e. The molecule has 0 unspecified atom stereocenters. The van der Waals surface area contributed by atoms with E-state index in [1.54, 1.807) is 0 Å². The molecule has 10 atom stereocenters. The zero-order valence-electron chi connectivity index (χ0n) is 30.2. The first-order valence-corrected chi connectivity index (χ1v) is 19.2. The Hall–Kier alpha value is -3.17. The predicted molar refractivity (Wildman–Crippen MR) is 195 cm³/mol. The molecule has 50 heavy (non-hydrogen) atoms. The maximum absolute atomic E-state index is 14.2. The van der Waals surface area contributed by atoms with Gasteiger partial charge in [-0.1, -0.05) is 48.9 Å². The van der Waals surface area contributed by atoms with Gasteiger partial charge in [0.05, 0.1) is 25.9 Å². The molecule has 8 heteroatoms. The lowest BCUT2D eigenvalue weighted by molar-refractivity contribution is -0.169. The van der Waals surface area contributed by atoms with Crippen LogP contribution in [0.5, 0.6) is 0 Å². The maximum Gasteiger partial charge on any atom is 0.316 e. The van der Waals surface area contributed by atoms with Crippen molar-refractivity contribution < 1.29 is 19.4 Å². The number of allylic oxidation sites excluding steroid dienone is 1. The van der Waals surface area contributed by atoms with Gasteiger partial charge < -0.3 is 24.5 Å². The highest BCUT2D eigenvalue weighted by Gasteiger charge is 2.74. The molecule has 0 amide bonds. The predicted octanol–water partition coefficient (Wildman–Crippen LogP) is 5.38. The van der Waals surface area contributed by atoms with Crippen LogP contribution in [0.2, 0.25) is 0 Å². The highest BCUT2D eigenvalue weighted by Crippen LogP contribution is 2.68. The SMILES string of the molecule is C/C=C1/CN(C)[C@H]2Cc3c([nH]c4ccccc34)[C@H](c3ccc4c(c3)[C@@]35CCN6C[C@H]7O[C@H]7[C@@](CC)(CC[C@@H]3N4C)[C@H]65)C[C@@H]1[C@]2(CO)C(=O)OC. The third-order valence-corrected chi connectivity index (χ3v) is 15.6. The van der Waals surface area contributed by atoms with Gasteiger partial charge in [0.25, 0.3) is 0 Å². The molecule has 264 valence electrons. The molecule has 3 aromatic rings. The number of nitrogens with one attached hydrogen (secondary N) is 1. The summed E-state index contributed by atoms with van der Waals surface area (Å²) in [6.07, 6.45) is 9.20. The molecule has 5 fully saturated rings. The van der Waals surface area contributed by atoms with Crippen LogP contribution in [-0.2, 0) is 26.1 Å². The Morgan fingerprint density at radius 3 is 2.78 bits per heavy atom. The second-order valence-corrected chi connectivity index (χ2v) is 16.9. The standard InChI is InChI=1S/C42H52N4O4/c1-6-24-21-44(3)35-20-28-26-10-8-9-11-31(26)43-36(28)27(19-29(24)42(35,23-47)39(48)49-5)25-12-13-32-30(18-25)41-16-17-46-22-33-37(50-33)40(7-2,38(41)46)15-14-34(41)45(32)4/h6,8-13,18,27,29,33-35,37-38,43,47H,7,14-17,19-23H2,1-5H3/b24-6-/t27-,29-,33+,34-,35-,37+,38-,40+,41-,42-/m0/s1. The summed E-state index contributed by atoms with van der Waals surface area (Å²) in [7, 11) is 5.92. The Morgan fingerprint density at radius 1 is 1.16 bits per heavy atom. The van der Waals surface area contributed by atoms with Crippen molar-refractivity contribution in [3.05, 3.63) is 76.5 Å². The van der Waals surface area contributed by atoms with E-state index in [-0.39, 0.29) is 41.3 Å². The third kappa shape index (κ3) is 3.69. The Balaban J connectivity index is 1.18. The molecule has 0 radical (unpaired) electrons. The second-order valence-electron chi connectivity index (χ2n) is 16.9. The van der Waals surface area contributed by atoms with Crippen molar-refractivity contribution in [2.45, 2.75) is 94.0 Å². The first-order chi connectivity index (χ1) is 24.3. The topological polar surface area (TPSA) is 84.6 Å². The summed E-state index contributed by atoms with van der Waals surface area (Å²) in [5.74, 6) is -0.450. The Bertz CT molecular complexity index is 1940. The average molecular weight is 677 g/mol. The third-order valence-electron chi connectivity index (χ3n) is 15.6. The quantitative estimate of drug-likeness (QED) is 0.218. The number of hydrogen-bond acceptors (Lipinski definition) is 7. The van der Waals surface area contributed by atoms with Crippen LogP contribution in [-0.4, -0.2) is 104 Å². The van der Waals surface area contributed by atoms with Gasteiger partial charge in [0.1, 0.15) is 5.41 Å². The number of aliphatic hydroxyl groups is 1. The number of carbonyl (C=O) groups excluding carboxylic acids is 1. The van der Waals surface area contributed by atoms with E-state index < -0.39 is 5.41 Å². The van der Waals surface area contributed by atoms with Gasteiger partial charge in [-0.15, -0.1) is 0 Å². The molecule has 1 aromatic heterocycles. The number of aromatic amines is 1. The summed E-state index contributed by atoms with van der Waals surface area (Å²) in [5.41, 5.74) is 8.31. The number of likely N-dealkylation sites (tertiary alicyclic amines) is 1. The number of nitrogens with zero attached hydrogens (tertiary/aromatic N) is 3. The summed E-state index contributed by atoms with van der Waals surface area (Å²) in [6, 6.07) is 16.8. The van der Waals surface area contributed by atoms with Crippen molar-refractivity contribution in [1.29, 1.82) is 0 Å². The lowest BCUT2D eigenvalue weighted by Gasteiger charge is -2.57. The molecular formula is C42H52N4O4. The van der Waals surface area contributed by atoms with Gasteiger partial charge in [0.15, 0.2) is 0 Å². The number of benzene rings is 2. The molecule has 2 N–H and O–H groups in total. The highest BCUT2D eigenvalue weighted by molar-refractivity contribution is 5.86. The van der Waals surface area contributed by atoms with Crippen molar-refractivity contribution in [2.24, 2.45) is 16.7 Å². The number of aliphatic hydroxyl groups excluding tert-OH is 1. The zero-order chi connectivity index (χ0) is 34.3. The fourth-order valence-electron chi connectivity index (χ4n) is 13.4. The van der Waals surface area contributed by atoms with Crippen LogP contribution in [0.1, 0.15) is 74.3 Å². The Morgan fingerprint density at radius 2 is 2.00 bits per heavy atom. The van der Waals surface area contributed by atoms with E-state index in [9.17, 15) is 9.90 Å². The molecule has 6 heterocycles. The number of anilines is 1. The van der Waals surface area contributed by atoms with Gasteiger partial charge >= 0.3 is 5.97 Å². The number of para-hydroxylation sites is 1. The molecule has 8 nitrogen and oxygen atoms in total. The van der Waals surface area contributed by atoms with Gasteiger partial charge in [-0.3, -0.25) is 14.6 Å². The van der Waals surface area contributed by atoms with Crippen molar-refractivity contribution in [3.8, 4) is 0 Å². The summed E-state index contributed by atoms with van der Waals surface area (Å²) in [6.45, 7) is 7.24. The first-order valence-electron chi connectivity index (χ1n) is 19.2. The van der Waals surface area contributed by atoms with E-state index in [0.29, 0.717) is 30.7 Å². The number of aromatic nitrogens is 1. The number of rotatable bonds is 4. The molecule has 10 rings (SSSR count). The number of methoxy groups -OCH3 is 1. The van der Waals surface area contributed by atoms with Crippen LogP contribution >= 0.6 is 0 Å². The molecular weight excluding hydrogens is 624 g/mol. The molecule has 2 bridgehead atoms. The van der Waals surface area contributed by atoms with Gasteiger partial charge in [0.2, 0.25) is 0 Å². The molecule has 1 spiro atoms. The van der Waals surface area contributed by atoms with Crippen LogP contribution in [0.25, 0.3) is 10.9 Å². The van der Waals surface area contributed by atoms with Gasteiger partial charge in [0, 0.05) is 83.2 Å². The molecule has 1 saturated carbocycles. The molecule has 7 aliphatic rings. The fraction of sp³-hybridized carbons (Fsp3) is 0.595. The number of H-pyrrole nitrogens is 1. The highest BCUT2D eigenvalue weighted by atomic mass is 16.6. The van der Waals surface area contributed by atoms with Crippen LogP contribution in [0.4, 0.5) is 5.69 Å². The number of ether oxygens (including phenoxy) is 2. The van der Waals surface area contributed by atoms with E-state index in [1.165, 1.54) is 71.8 Å².